The summed E-state index contributed by atoms with van der Waals surface area (Å²) in [7, 11) is 0. The molecule has 0 aromatic carbocycles. The van der Waals surface area contributed by atoms with Gasteiger partial charge in [-0.15, -0.1) is 11.3 Å². The molecule has 0 bridgehead atoms. The van der Waals surface area contributed by atoms with E-state index in [9.17, 15) is 4.79 Å². The van der Waals surface area contributed by atoms with Gasteiger partial charge < -0.3 is 10.1 Å². The fourth-order valence-electron chi connectivity index (χ4n) is 1.98. The average Bonchev–Trinajstić information content (AvgIpc) is 2.98. The fraction of sp³-hybridized carbons (Fsp3) is 0.615. The minimum absolute atomic E-state index is 0.0791. The van der Waals surface area contributed by atoms with Crippen molar-refractivity contribution in [2.75, 3.05) is 13.2 Å². The summed E-state index contributed by atoms with van der Waals surface area (Å²) in [6.45, 7) is 5.38. The zero-order chi connectivity index (χ0) is 12.3. The van der Waals surface area contributed by atoms with Gasteiger partial charge in [-0.25, -0.2) is 0 Å². The van der Waals surface area contributed by atoms with E-state index in [1.165, 1.54) is 0 Å². The Bertz CT molecular complexity index is 367. The lowest BCUT2D eigenvalue weighted by Gasteiger charge is -2.23. The molecule has 94 valence electrons. The molecular weight excluding hydrogens is 234 g/mol. The van der Waals surface area contributed by atoms with Gasteiger partial charge in [0.25, 0.3) is 0 Å². The minimum atomic E-state index is -0.452. The summed E-state index contributed by atoms with van der Waals surface area (Å²) in [6, 6.07) is 3.99. The highest BCUT2D eigenvalue weighted by molar-refractivity contribution is 7.10. The SMILES string of the molecule is CC(C)(C(=O)NCC1CCCO1)c1cccs1. The molecule has 3 nitrogen and oxygen atoms in total. The Hall–Kier alpha value is -0.870. The van der Waals surface area contributed by atoms with Crippen LogP contribution < -0.4 is 5.32 Å². The second-order valence-electron chi connectivity index (χ2n) is 4.95. The van der Waals surface area contributed by atoms with E-state index in [2.05, 4.69) is 5.32 Å². The second-order valence-corrected chi connectivity index (χ2v) is 5.90. The molecule has 0 radical (unpaired) electrons. The van der Waals surface area contributed by atoms with E-state index in [-0.39, 0.29) is 12.0 Å². The van der Waals surface area contributed by atoms with Crippen molar-refractivity contribution in [2.45, 2.75) is 38.2 Å². The Morgan fingerprint density at radius 2 is 2.47 bits per heavy atom. The number of nitrogens with one attached hydrogen (secondary N) is 1. The van der Waals surface area contributed by atoms with Gasteiger partial charge in [-0.2, -0.15) is 0 Å². The first-order valence-corrected chi connectivity index (χ1v) is 6.92. The highest BCUT2D eigenvalue weighted by Crippen LogP contribution is 2.27. The molecule has 1 N–H and O–H groups in total. The maximum atomic E-state index is 12.2. The molecule has 0 saturated carbocycles. The van der Waals surface area contributed by atoms with E-state index in [1.807, 2.05) is 31.4 Å². The smallest absolute Gasteiger partial charge is 0.231 e. The molecule has 17 heavy (non-hydrogen) atoms. The quantitative estimate of drug-likeness (QED) is 0.894. The fourth-order valence-corrected chi connectivity index (χ4v) is 2.83. The Morgan fingerprint density at radius 3 is 3.06 bits per heavy atom. The maximum Gasteiger partial charge on any atom is 0.231 e. The van der Waals surface area contributed by atoms with Crippen LogP contribution in [0.1, 0.15) is 31.6 Å². The number of amides is 1. The predicted molar refractivity (Wildman–Crippen MR) is 69.3 cm³/mol. The van der Waals surface area contributed by atoms with Crippen molar-refractivity contribution in [2.24, 2.45) is 0 Å². The largest absolute Gasteiger partial charge is 0.376 e. The van der Waals surface area contributed by atoms with Crippen LogP contribution in [-0.2, 0) is 14.9 Å². The number of hydrogen-bond donors (Lipinski definition) is 1. The monoisotopic (exact) mass is 253 g/mol. The first-order chi connectivity index (χ1) is 8.10. The van der Waals surface area contributed by atoms with Crippen LogP contribution in [0, 0.1) is 0 Å². The lowest BCUT2D eigenvalue weighted by atomic mass is 9.90. The third-order valence-electron chi connectivity index (χ3n) is 3.22. The molecule has 2 heterocycles. The normalized spacial score (nSPS) is 20.5. The average molecular weight is 253 g/mol. The van der Waals surface area contributed by atoms with Crippen LogP contribution in [0.3, 0.4) is 0 Å². The summed E-state index contributed by atoms with van der Waals surface area (Å²) in [5.41, 5.74) is -0.452. The zero-order valence-electron chi connectivity index (χ0n) is 10.4. The van der Waals surface area contributed by atoms with Crippen LogP contribution in [0.4, 0.5) is 0 Å². The van der Waals surface area contributed by atoms with Gasteiger partial charge in [-0.1, -0.05) is 6.07 Å². The topological polar surface area (TPSA) is 38.3 Å². The van der Waals surface area contributed by atoms with Crippen LogP contribution in [0.2, 0.25) is 0 Å². The second kappa shape index (κ2) is 5.19. The van der Waals surface area contributed by atoms with E-state index in [4.69, 9.17) is 4.74 Å². The Balaban J connectivity index is 1.90. The molecule has 2 rings (SSSR count). The summed E-state index contributed by atoms with van der Waals surface area (Å²) in [4.78, 5) is 13.3. The number of thiophene rings is 1. The number of ether oxygens (including phenoxy) is 1. The third-order valence-corrected chi connectivity index (χ3v) is 4.41. The summed E-state index contributed by atoms with van der Waals surface area (Å²) in [6.07, 6.45) is 2.37. The van der Waals surface area contributed by atoms with Gasteiger partial charge in [0, 0.05) is 18.0 Å². The van der Waals surface area contributed by atoms with E-state index in [1.54, 1.807) is 11.3 Å². The van der Waals surface area contributed by atoms with Crippen LogP contribution >= 0.6 is 11.3 Å². The maximum absolute atomic E-state index is 12.2. The summed E-state index contributed by atoms with van der Waals surface area (Å²) in [5, 5.41) is 5.00. The molecule has 1 aromatic heterocycles. The van der Waals surface area contributed by atoms with Gasteiger partial charge in [-0.05, 0) is 38.1 Å². The van der Waals surface area contributed by atoms with Crippen molar-refractivity contribution in [1.82, 2.24) is 5.32 Å². The molecule has 1 amide bonds. The molecule has 1 atom stereocenters. The molecular formula is C13H19NO2S. The Labute approximate surface area is 106 Å². The predicted octanol–water partition coefficient (Wildman–Crippen LogP) is 2.32. The van der Waals surface area contributed by atoms with Crippen LogP contribution in [0.5, 0.6) is 0 Å². The molecule has 1 aliphatic rings. The molecule has 0 spiro atoms. The van der Waals surface area contributed by atoms with Crippen LogP contribution in [0.25, 0.3) is 0 Å². The van der Waals surface area contributed by atoms with Gasteiger partial charge in [0.1, 0.15) is 0 Å². The molecule has 1 aromatic rings. The molecule has 1 aliphatic heterocycles. The summed E-state index contributed by atoms with van der Waals surface area (Å²) >= 11 is 1.62. The molecule has 4 heteroatoms. The summed E-state index contributed by atoms with van der Waals surface area (Å²) < 4.78 is 5.49. The van der Waals surface area contributed by atoms with Gasteiger partial charge in [0.2, 0.25) is 5.91 Å². The van der Waals surface area contributed by atoms with Crippen LogP contribution in [0.15, 0.2) is 17.5 Å². The highest BCUT2D eigenvalue weighted by Gasteiger charge is 2.31. The lowest BCUT2D eigenvalue weighted by molar-refractivity contribution is -0.126. The van der Waals surface area contributed by atoms with E-state index in [0.29, 0.717) is 6.54 Å². The third kappa shape index (κ3) is 2.87. The zero-order valence-corrected chi connectivity index (χ0v) is 11.2. The molecule has 1 saturated heterocycles. The number of hydrogen-bond acceptors (Lipinski definition) is 3. The Morgan fingerprint density at radius 1 is 1.65 bits per heavy atom. The van der Waals surface area contributed by atoms with E-state index >= 15 is 0 Å². The summed E-state index contributed by atoms with van der Waals surface area (Å²) in [5.74, 6) is 0.0791. The molecule has 1 fully saturated rings. The first kappa shape index (κ1) is 12.6. The standard InChI is InChI=1S/C13H19NO2S/c1-13(2,11-6-4-8-17-11)12(15)14-9-10-5-3-7-16-10/h4,6,8,10H,3,5,7,9H2,1-2H3,(H,14,15). The van der Waals surface area contributed by atoms with Crippen molar-refractivity contribution in [1.29, 1.82) is 0 Å². The Kier molecular flexibility index (Phi) is 3.84. The van der Waals surface area contributed by atoms with Crippen LogP contribution in [-0.4, -0.2) is 25.2 Å². The van der Waals surface area contributed by atoms with Gasteiger partial charge >= 0.3 is 0 Å². The first-order valence-electron chi connectivity index (χ1n) is 6.04. The van der Waals surface area contributed by atoms with E-state index < -0.39 is 5.41 Å². The number of carbonyl (C=O) groups excluding carboxylic acids is 1. The van der Waals surface area contributed by atoms with Crippen molar-refractivity contribution in [3.05, 3.63) is 22.4 Å². The number of carbonyl (C=O) groups is 1. The molecule has 1 unspecified atom stereocenters. The van der Waals surface area contributed by atoms with Gasteiger partial charge in [0.15, 0.2) is 0 Å². The van der Waals surface area contributed by atoms with Gasteiger partial charge in [0.05, 0.1) is 11.5 Å². The van der Waals surface area contributed by atoms with Crippen molar-refractivity contribution < 1.29 is 9.53 Å². The number of rotatable bonds is 4. The lowest BCUT2D eigenvalue weighted by Crippen LogP contribution is -2.42. The van der Waals surface area contributed by atoms with Crippen molar-refractivity contribution >= 4 is 17.2 Å². The van der Waals surface area contributed by atoms with Crippen molar-refractivity contribution in [3.63, 3.8) is 0 Å². The van der Waals surface area contributed by atoms with Crippen molar-refractivity contribution in [3.8, 4) is 0 Å². The highest BCUT2D eigenvalue weighted by atomic mass is 32.1. The molecule has 0 aliphatic carbocycles. The minimum Gasteiger partial charge on any atom is -0.376 e. The van der Waals surface area contributed by atoms with Gasteiger partial charge in [-0.3, -0.25) is 4.79 Å². The van der Waals surface area contributed by atoms with E-state index in [0.717, 1.165) is 24.3 Å².